The van der Waals surface area contributed by atoms with E-state index in [0.717, 1.165) is 10.3 Å². The molecule has 5 nitrogen and oxygen atoms in total. The number of nitrogens with zero attached hydrogens (tertiary/aromatic N) is 3. The van der Waals surface area contributed by atoms with Gasteiger partial charge in [-0.15, -0.1) is 24.5 Å². The number of carbonyl (C=O) groups excluding carboxylic acids is 1. The van der Waals surface area contributed by atoms with Gasteiger partial charge >= 0.3 is 0 Å². The SMILES string of the molecule is C=CCN(CC=C)C(=O)Cn1nc(-c2cccs2)c2ccccc2c1=O. The molecule has 0 aliphatic carbocycles. The molecule has 0 aliphatic heterocycles. The van der Waals surface area contributed by atoms with Crippen LogP contribution in [0.5, 0.6) is 0 Å². The minimum atomic E-state index is -0.272. The lowest BCUT2D eigenvalue weighted by atomic mass is 10.1. The van der Waals surface area contributed by atoms with Crippen molar-refractivity contribution in [1.29, 1.82) is 0 Å². The minimum absolute atomic E-state index is 0.121. The molecule has 1 amide bonds. The molecule has 0 radical (unpaired) electrons. The molecule has 0 unspecified atom stereocenters. The number of amides is 1. The Morgan fingerprint density at radius 2 is 1.81 bits per heavy atom. The average molecular weight is 365 g/mol. The first-order valence-corrected chi connectivity index (χ1v) is 9.07. The molecule has 6 heteroatoms. The molecular formula is C20H19N3O2S. The highest BCUT2D eigenvalue weighted by atomic mass is 32.1. The molecule has 26 heavy (non-hydrogen) atoms. The topological polar surface area (TPSA) is 55.2 Å². The summed E-state index contributed by atoms with van der Waals surface area (Å²) in [6.45, 7) is 8.00. The fourth-order valence-electron chi connectivity index (χ4n) is 2.76. The number of hydrogen-bond donors (Lipinski definition) is 0. The van der Waals surface area contributed by atoms with Gasteiger partial charge in [-0.2, -0.15) is 5.10 Å². The fourth-order valence-corrected chi connectivity index (χ4v) is 3.48. The monoisotopic (exact) mass is 365 g/mol. The Morgan fingerprint density at radius 1 is 1.12 bits per heavy atom. The van der Waals surface area contributed by atoms with Crippen LogP contribution in [0.1, 0.15) is 0 Å². The van der Waals surface area contributed by atoms with Crippen LogP contribution in [0.2, 0.25) is 0 Å². The summed E-state index contributed by atoms with van der Waals surface area (Å²) in [4.78, 5) is 28.0. The zero-order chi connectivity index (χ0) is 18.5. The van der Waals surface area contributed by atoms with Crippen molar-refractivity contribution in [2.24, 2.45) is 0 Å². The second-order valence-electron chi connectivity index (χ2n) is 5.71. The molecule has 3 aromatic rings. The average Bonchev–Trinajstić information content (AvgIpc) is 3.18. The molecule has 2 aromatic heterocycles. The molecule has 0 saturated carbocycles. The summed E-state index contributed by atoms with van der Waals surface area (Å²) < 4.78 is 1.25. The van der Waals surface area contributed by atoms with Gasteiger partial charge in [-0.25, -0.2) is 4.68 Å². The third kappa shape index (κ3) is 3.50. The summed E-state index contributed by atoms with van der Waals surface area (Å²) in [5.41, 5.74) is 0.438. The third-order valence-corrected chi connectivity index (χ3v) is 4.84. The van der Waals surface area contributed by atoms with E-state index >= 15 is 0 Å². The molecule has 3 rings (SSSR count). The maximum Gasteiger partial charge on any atom is 0.275 e. The number of hydrogen-bond acceptors (Lipinski definition) is 4. The fraction of sp³-hybridized carbons (Fsp3) is 0.150. The Hall–Kier alpha value is -2.99. The molecule has 0 spiro atoms. The van der Waals surface area contributed by atoms with Crippen LogP contribution >= 0.6 is 11.3 Å². The van der Waals surface area contributed by atoms with Crippen LogP contribution in [0.15, 0.2) is 71.9 Å². The van der Waals surface area contributed by atoms with E-state index in [1.54, 1.807) is 34.5 Å². The molecule has 0 aliphatic rings. The van der Waals surface area contributed by atoms with E-state index in [2.05, 4.69) is 18.3 Å². The second kappa shape index (κ2) is 7.93. The first-order valence-electron chi connectivity index (χ1n) is 8.19. The van der Waals surface area contributed by atoms with Crippen LogP contribution in [-0.4, -0.2) is 33.7 Å². The van der Waals surface area contributed by atoms with E-state index in [0.29, 0.717) is 24.2 Å². The number of aromatic nitrogens is 2. The van der Waals surface area contributed by atoms with Gasteiger partial charge in [-0.3, -0.25) is 9.59 Å². The van der Waals surface area contributed by atoms with E-state index in [1.807, 2.05) is 35.7 Å². The lowest BCUT2D eigenvalue weighted by Gasteiger charge is -2.19. The number of fused-ring (bicyclic) bond motifs is 1. The highest BCUT2D eigenvalue weighted by molar-refractivity contribution is 7.13. The quantitative estimate of drug-likeness (QED) is 0.604. The van der Waals surface area contributed by atoms with Crippen molar-refractivity contribution in [2.45, 2.75) is 6.54 Å². The van der Waals surface area contributed by atoms with Gasteiger partial charge in [-0.1, -0.05) is 36.4 Å². The van der Waals surface area contributed by atoms with Crippen LogP contribution in [0.4, 0.5) is 0 Å². The summed E-state index contributed by atoms with van der Waals surface area (Å²) in [7, 11) is 0. The summed E-state index contributed by atoms with van der Waals surface area (Å²) in [6, 6.07) is 11.2. The van der Waals surface area contributed by atoms with Crippen LogP contribution in [0, 0.1) is 0 Å². The molecule has 0 saturated heterocycles. The lowest BCUT2D eigenvalue weighted by Crippen LogP contribution is -2.37. The smallest absolute Gasteiger partial charge is 0.275 e. The number of carbonyl (C=O) groups is 1. The van der Waals surface area contributed by atoms with Crippen molar-refractivity contribution < 1.29 is 4.79 Å². The van der Waals surface area contributed by atoms with E-state index in [1.165, 1.54) is 4.68 Å². The van der Waals surface area contributed by atoms with Gasteiger partial charge in [0, 0.05) is 18.5 Å². The van der Waals surface area contributed by atoms with Gasteiger partial charge in [0.2, 0.25) is 5.91 Å². The highest BCUT2D eigenvalue weighted by Crippen LogP contribution is 2.28. The van der Waals surface area contributed by atoms with Gasteiger partial charge in [0.1, 0.15) is 12.2 Å². The van der Waals surface area contributed by atoms with E-state index in [-0.39, 0.29) is 18.0 Å². The number of rotatable bonds is 7. The van der Waals surface area contributed by atoms with Crippen molar-refractivity contribution in [3.63, 3.8) is 0 Å². The Labute approximate surface area is 155 Å². The summed E-state index contributed by atoms with van der Waals surface area (Å²) >= 11 is 1.55. The molecule has 1 aromatic carbocycles. The Kier molecular flexibility index (Phi) is 5.43. The van der Waals surface area contributed by atoms with Crippen molar-refractivity contribution in [3.05, 3.63) is 77.4 Å². The predicted molar refractivity (Wildman–Crippen MR) is 106 cm³/mol. The normalized spacial score (nSPS) is 10.6. The summed E-state index contributed by atoms with van der Waals surface area (Å²) in [5.74, 6) is -0.202. The maximum absolute atomic E-state index is 12.8. The molecule has 2 heterocycles. The van der Waals surface area contributed by atoms with Crippen LogP contribution in [-0.2, 0) is 11.3 Å². The largest absolute Gasteiger partial charge is 0.334 e. The lowest BCUT2D eigenvalue weighted by molar-refractivity contribution is -0.131. The van der Waals surface area contributed by atoms with E-state index in [4.69, 9.17) is 0 Å². The first-order chi connectivity index (χ1) is 12.7. The van der Waals surface area contributed by atoms with Gasteiger partial charge in [0.05, 0.1) is 10.3 Å². The van der Waals surface area contributed by atoms with Gasteiger partial charge in [-0.05, 0) is 17.5 Å². The Bertz CT molecular complexity index is 996. The zero-order valence-electron chi connectivity index (χ0n) is 14.3. The van der Waals surface area contributed by atoms with Crippen molar-refractivity contribution in [2.75, 3.05) is 13.1 Å². The Balaban J connectivity index is 2.07. The van der Waals surface area contributed by atoms with Crippen LogP contribution < -0.4 is 5.56 Å². The first kappa shape index (κ1) is 17.8. The Morgan fingerprint density at radius 3 is 2.42 bits per heavy atom. The molecule has 0 bridgehead atoms. The van der Waals surface area contributed by atoms with Crippen LogP contribution in [0.3, 0.4) is 0 Å². The minimum Gasteiger partial charge on any atom is -0.334 e. The summed E-state index contributed by atoms with van der Waals surface area (Å²) in [5, 5.41) is 7.80. The molecule has 0 fully saturated rings. The number of thiophene rings is 1. The zero-order valence-corrected chi connectivity index (χ0v) is 15.1. The van der Waals surface area contributed by atoms with E-state index in [9.17, 15) is 9.59 Å². The maximum atomic E-state index is 12.8. The predicted octanol–water partition coefficient (Wildman–Crippen LogP) is 3.33. The van der Waals surface area contributed by atoms with Crippen molar-refractivity contribution in [3.8, 4) is 10.6 Å². The van der Waals surface area contributed by atoms with Crippen molar-refractivity contribution >= 4 is 28.0 Å². The second-order valence-corrected chi connectivity index (χ2v) is 6.66. The van der Waals surface area contributed by atoms with Gasteiger partial charge < -0.3 is 4.90 Å². The van der Waals surface area contributed by atoms with E-state index < -0.39 is 0 Å². The van der Waals surface area contributed by atoms with Gasteiger partial charge in [0.25, 0.3) is 5.56 Å². The van der Waals surface area contributed by atoms with Crippen molar-refractivity contribution in [1.82, 2.24) is 14.7 Å². The van der Waals surface area contributed by atoms with Crippen LogP contribution in [0.25, 0.3) is 21.3 Å². The molecule has 132 valence electrons. The molecule has 0 atom stereocenters. The third-order valence-electron chi connectivity index (χ3n) is 3.96. The van der Waals surface area contributed by atoms with Gasteiger partial charge in [0.15, 0.2) is 0 Å². The molecular weight excluding hydrogens is 346 g/mol. The summed E-state index contributed by atoms with van der Waals surface area (Å²) in [6.07, 6.45) is 3.30. The molecule has 0 N–H and O–H groups in total. The highest BCUT2D eigenvalue weighted by Gasteiger charge is 2.17. The standard InChI is InChI=1S/C20H19N3O2S/c1-3-11-22(12-4-2)18(24)14-23-20(25)16-9-6-5-8-15(16)19(21-23)17-10-7-13-26-17/h3-10,13H,1-2,11-12,14H2. The number of benzene rings is 1.